The van der Waals surface area contributed by atoms with Crippen molar-refractivity contribution >= 4 is 34.7 Å². The van der Waals surface area contributed by atoms with Crippen LogP contribution in [-0.2, 0) is 0 Å². The second-order valence-electron chi connectivity index (χ2n) is 6.36. The highest BCUT2D eigenvalue weighted by Crippen LogP contribution is 2.17. The first-order valence-electron chi connectivity index (χ1n) is 8.84. The number of hydrogen-bond donors (Lipinski definition) is 2. The summed E-state index contributed by atoms with van der Waals surface area (Å²) in [6, 6.07) is 13.5. The maximum absolute atomic E-state index is 12.5. The average molecular weight is 378 g/mol. The maximum Gasteiger partial charge on any atom is 0.337 e. The van der Waals surface area contributed by atoms with Crippen molar-refractivity contribution in [1.29, 1.82) is 0 Å². The van der Waals surface area contributed by atoms with Gasteiger partial charge in [0.1, 0.15) is 5.52 Å². The van der Waals surface area contributed by atoms with Crippen LogP contribution in [0.15, 0.2) is 48.5 Å². The van der Waals surface area contributed by atoms with Gasteiger partial charge in [-0.05, 0) is 24.3 Å². The highest BCUT2D eigenvalue weighted by atomic mass is 16.4. The molecule has 9 nitrogen and oxygen atoms in total. The molecule has 3 aromatic rings. The van der Waals surface area contributed by atoms with Crippen molar-refractivity contribution in [2.45, 2.75) is 0 Å². The molecule has 0 atom stereocenters. The fraction of sp³-hybridized carbons (Fsp3) is 0.211. The van der Waals surface area contributed by atoms with Crippen LogP contribution in [0.3, 0.4) is 0 Å². The molecular formula is C19H18N6O3. The van der Waals surface area contributed by atoms with E-state index in [1.165, 1.54) is 6.07 Å². The fourth-order valence-electron chi connectivity index (χ4n) is 3.09. The number of rotatable bonds is 3. The van der Waals surface area contributed by atoms with Crippen molar-refractivity contribution in [2.75, 3.05) is 36.4 Å². The zero-order valence-corrected chi connectivity index (χ0v) is 14.9. The minimum absolute atomic E-state index is 0.0603. The Balaban J connectivity index is 1.41. The molecule has 1 saturated heterocycles. The second kappa shape index (κ2) is 7.47. The van der Waals surface area contributed by atoms with Crippen molar-refractivity contribution in [3.63, 3.8) is 0 Å². The van der Waals surface area contributed by atoms with Crippen LogP contribution >= 0.6 is 0 Å². The third-order valence-electron chi connectivity index (χ3n) is 4.60. The lowest BCUT2D eigenvalue weighted by Gasteiger charge is -2.34. The number of para-hydroxylation sites is 2. The van der Waals surface area contributed by atoms with Gasteiger partial charge in [0.25, 0.3) is 0 Å². The Morgan fingerprint density at radius 2 is 1.57 bits per heavy atom. The third kappa shape index (κ3) is 3.54. The molecule has 0 bridgehead atoms. The Morgan fingerprint density at radius 1 is 0.893 bits per heavy atom. The summed E-state index contributed by atoms with van der Waals surface area (Å²) in [7, 11) is 0. The minimum Gasteiger partial charge on any atom is -0.478 e. The van der Waals surface area contributed by atoms with E-state index >= 15 is 0 Å². The lowest BCUT2D eigenvalue weighted by atomic mass is 10.2. The molecule has 28 heavy (non-hydrogen) atoms. The van der Waals surface area contributed by atoms with E-state index in [1.807, 2.05) is 29.2 Å². The summed E-state index contributed by atoms with van der Waals surface area (Å²) in [5.41, 5.74) is 1.86. The number of carboxylic acid groups (broad SMARTS) is 1. The number of aromatic carboxylic acids is 1. The minimum atomic E-state index is -1.08. The summed E-state index contributed by atoms with van der Waals surface area (Å²) in [6.45, 7) is 2.07. The molecular weight excluding hydrogens is 360 g/mol. The molecule has 0 radical (unpaired) electrons. The Labute approximate surface area is 160 Å². The first kappa shape index (κ1) is 17.7. The van der Waals surface area contributed by atoms with Gasteiger partial charge in [0.05, 0.1) is 16.8 Å². The molecule has 9 heteroatoms. The van der Waals surface area contributed by atoms with E-state index in [0.29, 0.717) is 32.1 Å². The number of carboxylic acids is 1. The summed E-state index contributed by atoms with van der Waals surface area (Å²) in [5.74, 6) is -0.545. The van der Waals surface area contributed by atoms with E-state index in [4.69, 9.17) is 0 Å². The van der Waals surface area contributed by atoms with E-state index in [0.717, 1.165) is 11.0 Å². The van der Waals surface area contributed by atoms with Crippen LogP contribution in [0.1, 0.15) is 10.4 Å². The monoisotopic (exact) mass is 378 g/mol. The number of piperazine rings is 1. The number of hydrogen-bond acceptors (Lipinski definition) is 6. The number of nitrogens with one attached hydrogen (secondary N) is 1. The Kier molecular flexibility index (Phi) is 4.71. The predicted molar refractivity (Wildman–Crippen MR) is 104 cm³/mol. The standard InChI is InChI=1S/C19H18N6O3/c26-17(27)13-5-1-2-6-14(13)21-19(28)25-11-9-24(10-12-25)18-20-15-7-3-4-8-16(15)22-23-18/h1-8H,9-12H2,(H,21,28)(H,26,27). The highest BCUT2D eigenvalue weighted by molar-refractivity contribution is 6.00. The molecule has 0 saturated carbocycles. The van der Waals surface area contributed by atoms with Gasteiger partial charge in [0.15, 0.2) is 0 Å². The Hall–Kier alpha value is -3.75. The van der Waals surface area contributed by atoms with Crippen molar-refractivity contribution in [2.24, 2.45) is 0 Å². The van der Waals surface area contributed by atoms with Gasteiger partial charge in [-0.25, -0.2) is 14.6 Å². The van der Waals surface area contributed by atoms with E-state index in [9.17, 15) is 14.7 Å². The Morgan fingerprint density at radius 3 is 2.32 bits per heavy atom. The van der Waals surface area contributed by atoms with Gasteiger partial charge < -0.3 is 20.2 Å². The lowest BCUT2D eigenvalue weighted by Crippen LogP contribution is -2.50. The molecule has 1 fully saturated rings. The predicted octanol–water partition coefficient (Wildman–Crippen LogP) is 2.08. The number of aromatic nitrogens is 3. The number of urea groups is 1. The topological polar surface area (TPSA) is 112 Å². The van der Waals surface area contributed by atoms with Crippen LogP contribution in [0.2, 0.25) is 0 Å². The van der Waals surface area contributed by atoms with Gasteiger partial charge in [-0.2, -0.15) is 0 Å². The zero-order valence-electron chi connectivity index (χ0n) is 14.9. The fourth-order valence-corrected chi connectivity index (χ4v) is 3.09. The van der Waals surface area contributed by atoms with Gasteiger partial charge in [-0.15, -0.1) is 10.2 Å². The molecule has 1 aromatic heterocycles. The molecule has 2 N–H and O–H groups in total. The number of carbonyl (C=O) groups excluding carboxylic acids is 1. The van der Waals surface area contributed by atoms with Crippen LogP contribution in [-0.4, -0.2) is 63.4 Å². The molecule has 142 valence electrons. The zero-order chi connectivity index (χ0) is 19.5. The van der Waals surface area contributed by atoms with Crippen molar-refractivity contribution in [3.8, 4) is 0 Å². The summed E-state index contributed by atoms with van der Waals surface area (Å²) in [4.78, 5) is 32.0. The quantitative estimate of drug-likeness (QED) is 0.718. The molecule has 4 rings (SSSR count). The van der Waals surface area contributed by atoms with Gasteiger partial charge in [-0.3, -0.25) is 0 Å². The summed E-state index contributed by atoms with van der Waals surface area (Å²) < 4.78 is 0. The molecule has 0 spiro atoms. The molecule has 2 aromatic carbocycles. The van der Waals surface area contributed by atoms with Gasteiger partial charge in [-0.1, -0.05) is 24.3 Å². The van der Waals surface area contributed by atoms with Gasteiger partial charge >= 0.3 is 12.0 Å². The normalized spacial score (nSPS) is 14.1. The van der Waals surface area contributed by atoms with Crippen LogP contribution < -0.4 is 10.2 Å². The molecule has 1 aliphatic heterocycles. The van der Waals surface area contributed by atoms with E-state index < -0.39 is 5.97 Å². The first-order valence-corrected chi connectivity index (χ1v) is 8.84. The van der Waals surface area contributed by atoms with Crippen LogP contribution in [0, 0.1) is 0 Å². The Bertz CT molecular complexity index is 1030. The number of carbonyl (C=O) groups is 2. The summed E-state index contributed by atoms with van der Waals surface area (Å²) in [5, 5.41) is 20.3. The van der Waals surface area contributed by atoms with Crippen molar-refractivity contribution in [3.05, 3.63) is 54.1 Å². The maximum atomic E-state index is 12.5. The summed E-state index contributed by atoms with van der Waals surface area (Å²) in [6.07, 6.45) is 0. The molecule has 2 amide bonds. The van der Waals surface area contributed by atoms with Crippen LogP contribution in [0.5, 0.6) is 0 Å². The van der Waals surface area contributed by atoms with E-state index in [1.54, 1.807) is 23.1 Å². The summed E-state index contributed by atoms with van der Waals surface area (Å²) >= 11 is 0. The molecule has 2 heterocycles. The van der Waals surface area contributed by atoms with Gasteiger partial charge in [0.2, 0.25) is 5.95 Å². The average Bonchev–Trinajstić information content (AvgIpc) is 2.73. The van der Waals surface area contributed by atoms with Crippen LogP contribution in [0.25, 0.3) is 11.0 Å². The lowest BCUT2D eigenvalue weighted by molar-refractivity contribution is 0.0698. The third-order valence-corrected chi connectivity index (χ3v) is 4.60. The molecule has 1 aliphatic rings. The number of nitrogens with zero attached hydrogens (tertiary/aromatic N) is 5. The van der Waals surface area contributed by atoms with E-state index in [2.05, 4.69) is 20.5 Å². The number of benzene rings is 2. The number of amides is 2. The second-order valence-corrected chi connectivity index (χ2v) is 6.36. The van der Waals surface area contributed by atoms with Crippen molar-refractivity contribution < 1.29 is 14.7 Å². The largest absolute Gasteiger partial charge is 0.478 e. The van der Waals surface area contributed by atoms with Crippen LogP contribution in [0.4, 0.5) is 16.4 Å². The SMILES string of the molecule is O=C(O)c1ccccc1NC(=O)N1CCN(c2nnc3ccccc3n2)CC1. The highest BCUT2D eigenvalue weighted by Gasteiger charge is 2.24. The molecule has 0 unspecified atom stereocenters. The van der Waals surface area contributed by atoms with Crippen molar-refractivity contribution in [1.82, 2.24) is 20.1 Å². The number of fused-ring (bicyclic) bond motifs is 1. The number of anilines is 2. The smallest absolute Gasteiger partial charge is 0.337 e. The van der Waals surface area contributed by atoms with Gasteiger partial charge in [0, 0.05) is 26.2 Å². The molecule has 0 aliphatic carbocycles. The van der Waals surface area contributed by atoms with E-state index in [-0.39, 0.29) is 17.3 Å². The first-order chi connectivity index (χ1) is 13.6.